The van der Waals surface area contributed by atoms with Crippen molar-refractivity contribution in [1.82, 2.24) is 5.32 Å². The van der Waals surface area contributed by atoms with E-state index in [1.165, 1.54) is 14.7 Å². The largest absolute Gasteiger partial charge is 0.395 e. The number of benzene rings is 2. The van der Waals surface area contributed by atoms with E-state index in [2.05, 4.69) is 71.2 Å². The molecule has 0 saturated heterocycles. The van der Waals surface area contributed by atoms with Crippen LogP contribution in [0.5, 0.6) is 0 Å². The maximum Gasteiger partial charge on any atom is 0.0588 e. The Morgan fingerprint density at radius 1 is 1.05 bits per heavy atom. The van der Waals surface area contributed by atoms with Crippen LogP contribution < -0.4 is 5.32 Å². The smallest absolute Gasteiger partial charge is 0.0588 e. The van der Waals surface area contributed by atoms with Crippen LogP contribution in [0.15, 0.2) is 54.6 Å². The van der Waals surface area contributed by atoms with Crippen LogP contribution in [0.4, 0.5) is 0 Å². The molecule has 20 heavy (non-hydrogen) atoms. The summed E-state index contributed by atoms with van der Waals surface area (Å²) >= 11 is 2.31. The van der Waals surface area contributed by atoms with Crippen molar-refractivity contribution in [3.05, 3.63) is 69.3 Å². The number of nitrogens with one attached hydrogen (secondary N) is 1. The van der Waals surface area contributed by atoms with Crippen LogP contribution in [0.1, 0.15) is 24.1 Å². The van der Waals surface area contributed by atoms with Crippen molar-refractivity contribution in [3.8, 4) is 0 Å². The fourth-order valence-corrected chi connectivity index (χ4v) is 2.64. The van der Waals surface area contributed by atoms with E-state index >= 15 is 0 Å². The number of halogens is 1. The third-order valence-corrected chi connectivity index (χ3v) is 4.12. The van der Waals surface area contributed by atoms with Gasteiger partial charge in [-0.2, -0.15) is 0 Å². The molecule has 0 aromatic heterocycles. The second-order valence-electron chi connectivity index (χ2n) is 5.01. The Hall–Kier alpha value is -0.910. The first-order chi connectivity index (χ1) is 9.69. The standard InChI is InChI=1S/C17H20INO/c1-13(15-7-9-16(18)10-8-15)19-17(12-20)11-14-5-3-2-4-6-14/h2-10,13,17,19-20H,11-12H2,1H3/t13?,17-/m1/s1. The topological polar surface area (TPSA) is 32.3 Å². The molecule has 2 atom stereocenters. The average molecular weight is 381 g/mol. The van der Waals surface area contributed by atoms with Gasteiger partial charge in [0.15, 0.2) is 0 Å². The Balaban J connectivity index is 1.97. The number of hydrogen-bond acceptors (Lipinski definition) is 2. The minimum absolute atomic E-state index is 0.0756. The Labute approximate surface area is 134 Å². The summed E-state index contributed by atoms with van der Waals surface area (Å²) in [7, 11) is 0. The van der Waals surface area contributed by atoms with E-state index in [4.69, 9.17) is 0 Å². The number of aliphatic hydroxyl groups excluding tert-OH is 1. The summed E-state index contributed by atoms with van der Waals surface area (Å²) in [6, 6.07) is 19.1. The van der Waals surface area contributed by atoms with Gasteiger partial charge in [-0.15, -0.1) is 0 Å². The molecule has 0 amide bonds. The lowest BCUT2D eigenvalue weighted by atomic mass is 10.0. The first kappa shape index (κ1) is 15.5. The summed E-state index contributed by atoms with van der Waals surface area (Å²) < 4.78 is 1.24. The van der Waals surface area contributed by atoms with Crippen molar-refractivity contribution in [2.75, 3.05) is 6.61 Å². The zero-order chi connectivity index (χ0) is 14.4. The van der Waals surface area contributed by atoms with Gasteiger partial charge in [-0.1, -0.05) is 42.5 Å². The van der Waals surface area contributed by atoms with E-state index in [0.717, 1.165) is 6.42 Å². The molecule has 0 aliphatic carbocycles. The van der Waals surface area contributed by atoms with E-state index in [1.807, 2.05) is 18.2 Å². The quantitative estimate of drug-likeness (QED) is 0.751. The normalized spacial score (nSPS) is 13.9. The molecule has 0 fully saturated rings. The fraction of sp³-hybridized carbons (Fsp3) is 0.294. The van der Waals surface area contributed by atoms with Gasteiger partial charge in [-0.25, -0.2) is 0 Å². The molecule has 2 rings (SSSR count). The van der Waals surface area contributed by atoms with Gasteiger partial charge in [-0.05, 0) is 59.2 Å². The molecule has 0 aliphatic heterocycles. The van der Waals surface area contributed by atoms with Gasteiger partial charge in [0.1, 0.15) is 0 Å². The molecule has 0 radical (unpaired) electrons. The molecule has 2 nitrogen and oxygen atoms in total. The third kappa shape index (κ3) is 4.58. The molecule has 106 valence electrons. The number of aliphatic hydroxyl groups is 1. The van der Waals surface area contributed by atoms with Crippen molar-refractivity contribution >= 4 is 22.6 Å². The first-order valence-corrected chi connectivity index (χ1v) is 7.93. The zero-order valence-corrected chi connectivity index (χ0v) is 13.7. The molecular formula is C17H20INO. The molecule has 2 N–H and O–H groups in total. The summed E-state index contributed by atoms with van der Waals surface area (Å²) in [5.74, 6) is 0. The van der Waals surface area contributed by atoms with E-state index in [0.29, 0.717) is 0 Å². The maximum absolute atomic E-state index is 9.56. The van der Waals surface area contributed by atoms with Gasteiger partial charge in [0.25, 0.3) is 0 Å². The monoisotopic (exact) mass is 381 g/mol. The van der Waals surface area contributed by atoms with Crippen LogP contribution >= 0.6 is 22.6 Å². The molecule has 3 heteroatoms. The molecule has 0 aliphatic rings. The zero-order valence-electron chi connectivity index (χ0n) is 11.6. The molecule has 0 bridgehead atoms. The fourth-order valence-electron chi connectivity index (χ4n) is 2.28. The minimum Gasteiger partial charge on any atom is -0.395 e. The minimum atomic E-state index is 0.0756. The van der Waals surface area contributed by atoms with Crippen molar-refractivity contribution in [3.63, 3.8) is 0 Å². The predicted molar refractivity (Wildman–Crippen MR) is 91.7 cm³/mol. The van der Waals surface area contributed by atoms with Crippen molar-refractivity contribution in [2.45, 2.75) is 25.4 Å². The highest BCUT2D eigenvalue weighted by molar-refractivity contribution is 14.1. The lowest BCUT2D eigenvalue weighted by molar-refractivity contribution is 0.232. The predicted octanol–water partition coefficient (Wildman–Crippen LogP) is 3.55. The van der Waals surface area contributed by atoms with E-state index in [1.54, 1.807) is 0 Å². The van der Waals surface area contributed by atoms with Crippen molar-refractivity contribution in [2.24, 2.45) is 0 Å². The summed E-state index contributed by atoms with van der Waals surface area (Å²) in [6.45, 7) is 2.28. The lowest BCUT2D eigenvalue weighted by Gasteiger charge is -2.22. The van der Waals surface area contributed by atoms with Crippen LogP contribution in [0, 0.1) is 3.57 Å². The number of rotatable bonds is 6. The Morgan fingerprint density at radius 2 is 1.70 bits per heavy atom. The lowest BCUT2D eigenvalue weighted by Crippen LogP contribution is -2.36. The maximum atomic E-state index is 9.56. The van der Waals surface area contributed by atoms with E-state index in [-0.39, 0.29) is 18.7 Å². The van der Waals surface area contributed by atoms with E-state index in [9.17, 15) is 5.11 Å². The van der Waals surface area contributed by atoms with Crippen molar-refractivity contribution < 1.29 is 5.11 Å². The molecule has 1 unspecified atom stereocenters. The third-order valence-electron chi connectivity index (χ3n) is 3.40. The second kappa shape index (κ2) is 7.76. The number of hydrogen-bond donors (Lipinski definition) is 2. The van der Waals surface area contributed by atoms with Gasteiger partial charge in [0.05, 0.1) is 6.61 Å². The van der Waals surface area contributed by atoms with Gasteiger partial charge < -0.3 is 10.4 Å². The SMILES string of the molecule is CC(N[C@@H](CO)Cc1ccccc1)c1ccc(I)cc1. The Morgan fingerprint density at radius 3 is 2.30 bits per heavy atom. The van der Waals surface area contributed by atoms with Crippen LogP contribution in [-0.2, 0) is 6.42 Å². The first-order valence-electron chi connectivity index (χ1n) is 6.85. The van der Waals surface area contributed by atoms with Crippen LogP contribution in [0.3, 0.4) is 0 Å². The summed E-state index contributed by atoms with van der Waals surface area (Å²) in [5.41, 5.74) is 2.49. The summed E-state index contributed by atoms with van der Waals surface area (Å²) in [5, 5.41) is 13.1. The molecule has 2 aromatic carbocycles. The molecule has 0 spiro atoms. The molecule has 2 aromatic rings. The van der Waals surface area contributed by atoms with Gasteiger partial charge in [0, 0.05) is 15.7 Å². The van der Waals surface area contributed by atoms with Gasteiger partial charge in [-0.3, -0.25) is 0 Å². The van der Waals surface area contributed by atoms with Crippen LogP contribution in [-0.4, -0.2) is 17.8 Å². The Kier molecular flexibility index (Phi) is 6.01. The van der Waals surface area contributed by atoms with E-state index < -0.39 is 0 Å². The summed E-state index contributed by atoms with van der Waals surface area (Å²) in [4.78, 5) is 0. The highest BCUT2D eigenvalue weighted by atomic mass is 127. The van der Waals surface area contributed by atoms with Crippen LogP contribution in [0.2, 0.25) is 0 Å². The molecule has 0 saturated carbocycles. The van der Waals surface area contributed by atoms with Gasteiger partial charge >= 0.3 is 0 Å². The molecule has 0 heterocycles. The van der Waals surface area contributed by atoms with Crippen molar-refractivity contribution in [1.29, 1.82) is 0 Å². The summed E-state index contributed by atoms with van der Waals surface area (Å²) in [6.07, 6.45) is 0.839. The highest BCUT2D eigenvalue weighted by Gasteiger charge is 2.13. The average Bonchev–Trinajstić information content (AvgIpc) is 2.48. The molecular weight excluding hydrogens is 361 g/mol. The van der Waals surface area contributed by atoms with Crippen LogP contribution in [0.25, 0.3) is 0 Å². The second-order valence-corrected chi connectivity index (χ2v) is 6.25. The highest BCUT2D eigenvalue weighted by Crippen LogP contribution is 2.16. The Bertz CT molecular complexity index is 512. The van der Waals surface area contributed by atoms with Gasteiger partial charge in [0.2, 0.25) is 0 Å².